The molecule has 2 aliphatic heterocycles. The van der Waals surface area contributed by atoms with Gasteiger partial charge in [0, 0.05) is 38.4 Å². The number of nitrogens with zero attached hydrogens (tertiary/aromatic N) is 2. The van der Waals surface area contributed by atoms with Gasteiger partial charge in [0.1, 0.15) is 0 Å². The SMILES string of the molecule is CC(=O)SC1CCN(CC2CCN(C(=O)O)CC2)C1. The van der Waals surface area contributed by atoms with Crippen LogP contribution < -0.4 is 0 Å². The number of hydrogen-bond donors (Lipinski definition) is 1. The molecule has 2 saturated heterocycles. The number of amides is 1. The normalized spacial score (nSPS) is 25.7. The van der Waals surface area contributed by atoms with Gasteiger partial charge >= 0.3 is 6.09 Å². The molecule has 0 aliphatic carbocycles. The van der Waals surface area contributed by atoms with Gasteiger partial charge in [0.05, 0.1) is 0 Å². The van der Waals surface area contributed by atoms with Crippen LogP contribution in [0.3, 0.4) is 0 Å². The third kappa shape index (κ3) is 4.38. The summed E-state index contributed by atoms with van der Waals surface area (Å²) in [6, 6.07) is 0. The Bertz CT molecular complexity index is 343. The van der Waals surface area contributed by atoms with Crippen molar-refractivity contribution in [3.05, 3.63) is 0 Å². The lowest BCUT2D eigenvalue weighted by Crippen LogP contribution is -2.40. The van der Waals surface area contributed by atoms with Crippen LogP contribution in [0.4, 0.5) is 4.79 Å². The number of carboxylic acid groups (broad SMARTS) is 1. The molecule has 2 fully saturated rings. The molecule has 0 aromatic rings. The van der Waals surface area contributed by atoms with E-state index in [4.69, 9.17) is 5.11 Å². The molecule has 0 saturated carbocycles. The molecular weight excluding hydrogens is 264 g/mol. The molecule has 1 atom stereocenters. The zero-order chi connectivity index (χ0) is 13.8. The zero-order valence-electron chi connectivity index (χ0n) is 11.4. The van der Waals surface area contributed by atoms with Gasteiger partial charge in [0.15, 0.2) is 5.12 Å². The summed E-state index contributed by atoms with van der Waals surface area (Å²) in [6.07, 6.45) is 2.23. The third-order valence-corrected chi connectivity index (χ3v) is 5.01. The highest BCUT2D eigenvalue weighted by Crippen LogP contribution is 2.26. The average Bonchev–Trinajstić information content (AvgIpc) is 2.76. The summed E-state index contributed by atoms with van der Waals surface area (Å²) < 4.78 is 0. The molecule has 6 heteroatoms. The number of carbonyl (C=O) groups is 2. The smallest absolute Gasteiger partial charge is 0.407 e. The maximum atomic E-state index is 11.1. The monoisotopic (exact) mass is 286 g/mol. The predicted octanol–water partition coefficient (Wildman–Crippen LogP) is 1.73. The van der Waals surface area contributed by atoms with Crippen molar-refractivity contribution >= 4 is 23.0 Å². The van der Waals surface area contributed by atoms with E-state index < -0.39 is 6.09 Å². The first-order chi connectivity index (χ1) is 9.04. The fourth-order valence-electron chi connectivity index (χ4n) is 2.97. The van der Waals surface area contributed by atoms with Gasteiger partial charge in [0.25, 0.3) is 0 Å². The summed E-state index contributed by atoms with van der Waals surface area (Å²) in [5.41, 5.74) is 0. The van der Waals surface area contributed by atoms with E-state index in [1.165, 1.54) is 16.7 Å². The highest BCUT2D eigenvalue weighted by Gasteiger charge is 2.28. The lowest BCUT2D eigenvalue weighted by Gasteiger charge is -2.32. The van der Waals surface area contributed by atoms with Crippen LogP contribution in [0.15, 0.2) is 0 Å². The number of piperidine rings is 1. The average molecular weight is 286 g/mol. The molecular formula is C13H22N2O3S. The lowest BCUT2D eigenvalue weighted by molar-refractivity contribution is -0.109. The Hall–Kier alpha value is -0.750. The van der Waals surface area contributed by atoms with Crippen molar-refractivity contribution in [2.24, 2.45) is 5.92 Å². The van der Waals surface area contributed by atoms with Crippen molar-refractivity contribution in [1.29, 1.82) is 0 Å². The van der Waals surface area contributed by atoms with Crippen LogP contribution in [-0.4, -0.2) is 64.1 Å². The second kappa shape index (κ2) is 6.61. The van der Waals surface area contributed by atoms with E-state index in [0.29, 0.717) is 24.3 Å². The number of thioether (sulfide) groups is 1. The molecule has 5 nitrogen and oxygen atoms in total. The molecule has 0 aromatic heterocycles. The summed E-state index contributed by atoms with van der Waals surface area (Å²) in [7, 11) is 0. The number of hydrogen-bond acceptors (Lipinski definition) is 4. The minimum absolute atomic E-state index is 0.210. The fraction of sp³-hybridized carbons (Fsp3) is 0.846. The largest absolute Gasteiger partial charge is 0.465 e. The van der Waals surface area contributed by atoms with E-state index >= 15 is 0 Å². The second-order valence-corrected chi connectivity index (χ2v) is 6.97. The van der Waals surface area contributed by atoms with E-state index in [0.717, 1.165) is 38.9 Å². The summed E-state index contributed by atoms with van der Waals surface area (Å²) >= 11 is 1.47. The second-order valence-electron chi connectivity index (χ2n) is 5.49. The first-order valence-electron chi connectivity index (χ1n) is 6.92. The van der Waals surface area contributed by atoms with Crippen LogP contribution in [0.2, 0.25) is 0 Å². The van der Waals surface area contributed by atoms with Crippen molar-refractivity contribution in [1.82, 2.24) is 9.80 Å². The molecule has 1 amide bonds. The fourth-order valence-corrected chi connectivity index (χ4v) is 3.94. The molecule has 0 spiro atoms. The molecule has 2 heterocycles. The van der Waals surface area contributed by atoms with Crippen LogP contribution >= 0.6 is 11.8 Å². The first kappa shape index (κ1) is 14.7. The maximum absolute atomic E-state index is 11.1. The number of rotatable bonds is 3. The van der Waals surface area contributed by atoms with Gasteiger partial charge in [-0.2, -0.15) is 0 Å². The minimum Gasteiger partial charge on any atom is -0.465 e. The van der Waals surface area contributed by atoms with E-state index in [-0.39, 0.29) is 5.12 Å². The Labute approximate surface area is 118 Å². The molecule has 2 rings (SSSR count). The zero-order valence-corrected chi connectivity index (χ0v) is 12.2. The van der Waals surface area contributed by atoms with E-state index in [9.17, 15) is 9.59 Å². The highest BCUT2D eigenvalue weighted by molar-refractivity contribution is 8.14. The Balaban J connectivity index is 1.69. The van der Waals surface area contributed by atoms with Crippen molar-refractivity contribution < 1.29 is 14.7 Å². The van der Waals surface area contributed by atoms with Gasteiger partial charge in [-0.05, 0) is 31.7 Å². The van der Waals surface area contributed by atoms with E-state index in [2.05, 4.69) is 4.90 Å². The minimum atomic E-state index is -0.794. The number of likely N-dealkylation sites (tertiary alicyclic amines) is 2. The molecule has 19 heavy (non-hydrogen) atoms. The Morgan fingerprint density at radius 1 is 1.21 bits per heavy atom. The molecule has 2 aliphatic rings. The summed E-state index contributed by atoms with van der Waals surface area (Å²) in [5.74, 6) is 0.608. The van der Waals surface area contributed by atoms with E-state index in [1.54, 1.807) is 6.92 Å². The van der Waals surface area contributed by atoms with Crippen LogP contribution in [-0.2, 0) is 4.79 Å². The van der Waals surface area contributed by atoms with E-state index in [1.807, 2.05) is 0 Å². The molecule has 1 unspecified atom stereocenters. The highest BCUT2D eigenvalue weighted by atomic mass is 32.2. The Morgan fingerprint density at radius 2 is 1.89 bits per heavy atom. The van der Waals surface area contributed by atoms with Crippen LogP contribution in [0, 0.1) is 5.92 Å². The molecule has 0 radical (unpaired) electrons. The van der Waals surface area contributed by atoms with Crippen molar-refractivity contribution in [3.8, 4) is 0 Å². The van der Waals surface area contributed by atoms with Gasteiger partial charge < -0.3 is 14.9 Å². The van der Waals surface area contributed by atoms with Gasteiger partial charge in [0.2, 0.25) is 0 Å². The van der Waals surface area contributed by atoms with Gasteiger partial charge in [-0.1, -0.05) is 11.8 Å². The Morgan fingerprint density at radius 3 is 2.47 bits per heavy atom. The summed E-state index contributed by atoms with van der Waals surface area (Å²) in [5, 5.41) is 9.57. The van der Waals surface area contributed by atoms with Crippen LogP contribution in [0.25, 0.3) is 0 Å². The molecule has 0 bridgehead atoms. The Kier molecular flexibility index (Phi) is 5.10. The predicted molar refractivity (Wildman–Crippen MR) is 75.4 cm³/mol. The van der Waals surface area contributed by atoms with Crippen molar-refractivity contribution in [2.75, 3.05) is 32.7 Å². The molecule has 0 aromatic carbocycles. The maximum Gasteiger partial charge on any atom is 0.407 e. The van der Waals surface area contributed by atoms with Gasteiger partial charge in [-0.3, -0.25) is 4.79 Å². The van der Waals surface area contributed by atoms with Crippen molar-refractivity contribution in [2.45, 2.75) is 31.4 Å². The van der Waals surface area contributed by atoms with Crippen molar-refractivity contribution in [3.63, 3.8) is 0 Å². The summed E-state index contributed by atoms with van der Waals surface area (Å²) in [6.45, 7) is 6.10. The topological polar surface area (TPSA) is 60.9 Å². The van der Waals surface area contributed by atoms with Crippen LogP contribution in [0.5, 0.6) is 0 Å². The lowest BCUT2D eigenvalue weighted by atomic mass is 9.96. The first-order valence-corrected chi connectivity index (χ1v) is 7.80. The standard InChI is InChI=1S/C13H22N2O3S/c1-10(16)19-12-4-5-14(9-12)8-11-2-6-15(7-3-11)13(17)18/h11-12H,2-9H2,1H3,(H,17,18). The number of carbonyl (C=O) groups excluding carboxylic acids is 1. The summed E-state index contributed by atoms with van der Waals surface area (Å²) in [4.78, 5) is 25.9. The quantitative estimate of drug-likeness (QED) is 0.856. The van der Waals surface area contributed by atoms with Gasteiger partial charge in [-0.15, -0.1) is 0 Å². The van der Waals surface area contributed by atoms with Crippen LogP contribution in [0.1, 0.15) is 26.2 Å². The molecule has 108 valence electrons. The van der Waals surface area contributed by atoms with Gasteiger partial charge in [-0.25, -0.2) is 4.79 Å². The third-order valence-electron chi connectivity index (χ3n) is 3.96. The molecule has 1 N–H and O–H groups in total.